The van der Waals surface area contributed by atoms with Gasteiger partial charge in [-0.15, -0.1) is 5.10 Å². The number of benzene rings is 1. The normalized spacial score (nSPS) is 11.9. The van der Waals surface area contributed by atoms with E-state index < -0.39 is 18.0 Å². The predicted octanol–water partition coefficient (Wildman–Crippen LogP) is 1.64. The molecule has 9 nitrogen and oxygen atoms in total. The van der Waals surface area contributed by atoms with Crippen molar-refractivity contribution >= 4 is 23.5 Å². The topological polar surface area (TPSA) is 121 Å². The van der Waals surface area contributed by atoms with E-state index in [-0.39, 0.29) is 12.5 Å². The van der Waals surface area contributed by atoms with Gasteiger partial charge in [0.25, 0.3) is 5.91 Å². The standard InChI is InChI=1S/C16H21ClN6O3/c1-10(2)7-14(15(24)21-26)19-16(25)18-8-12-9-23(22-20-12)13-5-3-11(17)4-6-13/h3-6,9-10,14,26H,7-8H2,1-2H3,(H,21,24)(H2,18,19,25)/t14-/m0/s1. The van der Waals surface area contributed by atoms with Gasteiger partial charge in [-0.3, -0.25) is 10.0 Å². The van der Waals surface area contributed by atoms with Crippen LogP contribution >= 0.6 is 11.6 Å². The zero-order valence-electron chi connectivity index (χ0n) is 14.4. The van der Waals surface area contributed by atoms with Crippen molar-refractivity contribution in [3.63, 3.8) is 0 Å². The first-order valence-electron chi connectivity index (χ1n) is 8.04. The molecule has 0 spiro atoms. The van der Waals surface area contributed by atoms with Gasteiger partial charge in [-0.2, -0.15) is 0 Å². The summed E-state index contributed by atoms with van der Waals surface area (Å²) in [5, 5.41) is 22.5. The van der Waals surface area contributed by atoms with E-state index in [1.807, 2.05) is 13.8 Å². The zero-order chi connectivity index (χ0) is 19.1. The van der Waals surface area contributed by atoms with Crippen LogP contribution in [0.15, 0.2) is 30.5 Å². The lowest BCUT2D eigenvalue weighted by Crippen LogP contribution is -2.49. The Labute approximate surface area is 155 Å². The Morgan fingerprint density at radius 2 is 1.96 bits per heavy atom. The summed E-state index contributed by atoms with van der Waals surface area (Å²) in [6.07, 6.45) is 2.07. The summed E-state index contributed by atoms with van der Waals surface area (Å²) >= 11 is 5.85. The van der Waals surface area contributed by atoms with Gasteiger partial charge in [-0.05, 0) is 36.6 Å². The number of nitrogens with one attached hydrogen (secondary N) is 3. The van der Waals surface area contributed by atoms with Crippen molar-refractivity contribution in [2.75, 3.05) is 0 Å². The maximum absolute atomic E-state index is 12.0. The molecule has 1 atom stereocenters. The molecular weight excluding hydrogens is 360 g/mol. The average molecular weight is 381 g/mol. The summed E-state index contributed by atoms with van der Waals surface area (Å²) < 4.78 is 1.56. The maximum atomic E-state index is 12.0. The number of urea groups is 1. The van der Waals surface area contributed by atoms with Crippen LogP contribution in [0.25, 0.3) is 5.69 Å². The van der Waals surface area contributed by atoms with Crippen LogP contribution in [-0.2, 0) is 11.3 Å². The van der Waals surface area contributed by atoms with Gasteiger partial charge in [0, 0.05) is 5.02 Å². The highest BCUT2D eigenvalue weighted by Gasteiger charge is 2.21. The van der Waals surface area contributed by atoms with Crippen molar-refractivity contribution in [1.82, 2.24) is 31.1 Å². The van der Waals surface area contributed by atoms with Gasteiger partial charge in [0.2, 0.25) is 0 Å². The van der Waals surface area contributed by atoms with Crippen molar-refractivity contribution in [2.45, 2.75) is 32.9 Å². The number of hydrogen-bond donors (Lipinski definition) is 4. The first kappa shape index (κ1) is 19.7. The summed E-state index contributed by atoms with van der Waals surface area (Å²) in [5.74, 6) is -0.501. The molecule has 0 aliphatic carbocycles. The lowest BCUT2D eigenvalue weighted by molar-refractivity contribution is -0.131. The highest BCUT2D eigenvalue weighted by atomic mass is 35.5. The largest absolute Gasteiger partial charge is 0.332 e. The van der Waals surface area contributed by atoms with E-state index in [4.69, 9.17) is 16.8 Å². The summed E-state index contributed by atoms with van der Waals surface area (Å²) in [5.41, 5.74) is 2.89. The molecular formula is C16H21ClN6O3. The fraction of sp³-hybridized carbons (Fsp3) is 0.375. The molecule has 0 fully saturated rings. The molecule has 0 aliphatic heterocycles. The van der Waals surface area contributed by atoms with Crippen molar-refractivity contribution in [2.24, 2.45) is 5.92 Å². The van der Waals surface area contributed by atoms with Gasteiger partial charge in [0.05, 0.1) is 18.4 Å². The van der Waals surface area contributed by atoms with Crippen LogP contribution in [0.5, 0.6) is 0 Å². The number of amides is 3. The Bertz CT molecular complexity index is 747. The number of carbonyl (C=O) groups excluding carboxylic acids is 2. The highest BCUT2D eigenvalue weighted by Crippen LogP contribution is 2.12. The van der Waals surface area contributed by atoms with Crippen LogP contribution in [0, 0.1) is 5.92 Å². The molecule has 2 rings (SSSR count). The lowest BCUT2D eigenvalue weighted by atomic mass is 10.0. The second kappa shape index (κ2) is 9.16. The monoisotopic (exact) mass is 380 g/mol. The Morgan fingerprint density at radius 1 is 1.27 bits per heavy atom. The zero-order valence-corrected chi connectivity index (χ0v) is 15.2. The molecule has 0 radical (unpaired) electrons. The summed E-state index contributed by atoms with van der Waals surface area (Å²) in [6, 6.07) is 5.70. The lowest BCUT2D eigenvalue weighted by Gasteiger charge is -2.18. The maximum Gasteiger partial charge on any atom is 0.315 e. The first-order valence-corrected chi connectivity index (χ1v) is 8.42. The quantitative estimate of drug-likeness (QED) is 0.429. The van der Waals surface area contributed by atoms with Crippen LogP contribution < -0.4 is 16.1 Å². The van der Waals surface area contributed by atoms with E-state index in [0.29, 0.717) is 17.1 Å². The molecule has 1 aromatic carbocycles. The molecule has 2 aromatic rings. The van der Waals surface area contributed by atoms with Crippen molar-refractivity contribution in [3.8, 4) is 5.69 Å². The number of hydroxylamine groups is 1. The highest BCUT2D eigenvalue weighted by molar-refractivity contribution is 6.30. The summed E-state index contributed by atoms with van der Waals surface area (Å²) in [7, 11) is 0. The van der Waals surface area contributed by atoms with Gasteiger partial charge >= 0.3 is 6.03 Å². The van der Waals surface area contributed by atoms with E-state index >= 15 is 0 Å². The molecule has 26 heavy (non-hydrogen) atoms. The van der Waals surface area contributed by atoms with Crippen LogP contribution in [0.1, 0.15) is 26.0 Å². The molecule has 0 saturated carbocycles. The van der Waals surface area contributed by atoms with Crippen LogP contribution in [0.3, 0.4) is 0 Å². The van der Waals surface area contributed by atoms with Gasteiger partial charge < -0.3 is 10.6 Å². The van der Waals surface area contributed by atoms with Gasteiger partial charge in [-0.1, -0.05) is 30.7 Å². The number of halogens is 1. The molecule has 0 saturated heterocycles. The number of hydrogen-bond acceptors (Lipinski definition) is 5. The molecule has 10 heteroatoms. The van der Waals surface area contributed by atoms with E-state index in [2.05, 4.69) is 20.9 Å². The predicted molar refractivity (Wildman–Crippen MR) is 94.9 cm³/mol. The van der Waals surface area contributed by atoms with E-state index in [1.165, 1.54) is 0 Å². The molecule has 4 N–H and O–H groups in total. The van der Waals surface area contributed by atoms with Gasteiger partial charge in [-0.25, -0.2) is 15.0 Å². The first-order chi connectivity index (χ1) is 12.4. The molecule has 1 heterocycles. The number of rotatable bonds is 7. The van der Waals surface area contributed by atoms with Gasteiger partial charge in [0.1, 0.15) is 11.7 Å². The molecule has 1 aromatic heterocycles. The minimum atomic E-state index is -0.829. The molecule has 0 aliphatic rings. The Kier molecular flexibility index (Phi) is 6.93. The number of carbonyl (C=O) groups is 2. The molecule has 0 unspecified atom stereocenters. The summed E-state index contributed by atoms with van der Waals surface area (Å²) in [4.78, 5) is 23.6. The van der Waals surface area contributed by atoms with Crippen LogP contribution in [0.2, 0.25) is 5.02 Å². The smallest absolute Gasteiger partial charge is 0.315 e. The minimum Gasteiger partial charge on any atom is -0.332 e. The Morgan fingerprint density at radius 3 is 2.58 bits per heavy atom. The van der Waals surface area contributed by atoms with E-state index in [1.54, 1.807) is 40.6 Å². The van der Waals surface area contributed by atoms with Crippen LogP contribution in [-0.4, -0.2) is 38.2 Å². The van der Waals surface area contributed by atoms with Crippen molar-refractivity contribution < 1.29 is 14.8 Å². The second-order valence-corrected chi connectivity index (χ2v) is 6.55. The molecule has 140 valence electrons. The van der Waals surface area contributed by atoms with E-state index in [9.17, 15) is 9.59 Å². The fourth-order valence-electron chi connectivity index (χ4n) is 2.26. The minimum absolute atomic E-state index is 0.133. The van der Waals surface area contributed by atoms with Crippen LogP contribution in [0.4, 0.5) is 4.79 Å². The third-order valence-corrected chi connectivity index (χ3v) is 3.75. The van der Waals surface area contributed by atoms with Crippen molar-refractivity contribution in [3.05, 3.63) is 41.2 Å². The summed E-state index contributed by atoms with van der Waals surface area (Å²) in [6.45, 7) is 3.95. The third kappa shape index (κ3) is 5.71. The second-order valence-electron chi connectivity index (χ2n) is 6.12. The fourth-order valence-corrected chi connectivity index (χ4v) is 2.39. The Balaban J connectivity index is 1.90. The SMILES string of the molecule is CC(C)C[C@H](NC(=O)NCc1cn(-c2ccc(Cl)cc2)nn1)C(=O)NO. The van der Waals surface area contributed by atoms with Gasteiger partial charge in [0.15, 0.2) is 0 Å². The number of aromatic nitrogens is 3. The third-order valence-electron chi connectivity index (χ3n) is 3.50. The Hall–Kier alpha value is -2.65. The molecule has 3 amide bonds. The number of nitrogens with zero attached hydrogens (tertiary/aromatic N) is 3. The van der Waals surface area contributed by atoms with E-state index in [0.717, 1.165) is 5.69 Å². The average Bonchev–Trinajstić information content (AvgIpc) is 3.08. The molecule has 0 bridgehead atoms. The van der Waals surface area contributed by atoms with Crippen molar-refractivity contribution in [1.29, 1.82) is 0 Å².